The molecule has 0 radical (unpaired) electrons. The molecule has 1 aliphatic heterocycles. The highest BCUT2D eigenvalue weighted by Crippen LogP contribution is 2.22. The molecule has 1 aromatic carbocycles. The molecule has 17 heavy (non-hydrogen) atoms. The fourth-order valence-corrected chi connectivity index (χ4v) is 1.81. The monoisotopic (exact) mass is 229 g/mol. The average Bonchev–Trinajstić information content (AvgIpc) is 2.63. The number of anilines is 1. The molecule has 86 valence electrons. The molecule has 1 saturated heterocycles. The van der Waals surface area contributed by atoms with E-state index in [9.17, 15) is 9.59 Å². The highest BCUT2D eigenvalue weighted by Gasteiger charge is 2.38. The summed E-state index contributed by atoms with van der Waals surface area (Å²) in [6.45, 7) is 0.0618. The summed E-state index contributed by atoms with van der Waals surface area (Å²) < 4.78 is 0. The standard InChI is InChI=1S/C12H11N3O2/c13-6-7-14-10-8-11(16)15(12(10)17)9-4-2-1-3-5-9/h1-5,10,14H,7-8H2/t10-/m0/s1. The van der Waals surface area contributed by atoms with Crippen molar-refractivity contribution in [3.8, 4) is 6.07 Å². The van der Waals surface area contributed by atoms with Gasteiger partial charge in [0.2, 0.25) is 5.91 Å². The van der Waals surface area contributed by atoms with Crippen LogP contribution in [-0.2, 0) is 9.59 Å². The van der Waals surface area contributed by atoms with E-state index in [0.717, 1.165) is 4.90 Å². The van der Waals surface area contributed by atoms with Crippen molar-refractivity contribution < 1.29 is 9.59 Å². The van der Waals surface area contributed by atoms with Crippen LogP contribution in [0, 0.1) is 11.3 Å². The summed E-state index contributed by atoms with van der Waals surface area (Å²) in [5.74, 6) is -0.534. The van der Waals surface area contributed by atoms with E-state index in [1.807, 2.05) is 12.1 Å². The van der Waals surface area contributed by atoms with E-state index in [4.69, 9.17) is 5.26 Å². The zero-order valence-electron chi connectivity index (χ0n) is 9.09. The van der Waals surface area contributed by atoms with Gasteiger partial charge in [0.05, 0.1) is 30.8 Å². The Morgan fingerprint density at radius 2 is 2.06 bits per heavy atom. The van der Waals surface area contributed by atoms with Gasteiger partial charge in [-0.3, -0.25) is 14.9 Å². The van der Waals surface area contributed by atoms with Crippen LogP contribution in [0.1, 0.15) is 6.42 Å². The third kappa shape index (κ3) is 2.17. The third-order valence-corrected chi connectivity index (χ3v) is 2.59. The number of hydrogen-bond donors (Lipinski definition) is 1. The van der Waals surface area contributed by atoms with E-state index < -0.39 is 6.04 Å². The van der Waals surface area contributed by atoms with Gasteiger partial charge < -0.3 is 0 Å². The van der Waals surface area contributed by atoms with Crippen LogP contribution in [0.15, 0.2) is 30.3 Å². The molecule has 1 N–H and O–H groups in total. The largest absolute Gasteiger partial charge is 0.293 e. The van der Waals surface area contributed by atoms with Gasteiger partial charge in [0.1, 0.15) is 0 Å². The molecular formula is C12H11N3O2. The number of benzene rings is 1. The van der Waals surface area contributed by atoms with Gasteiger partial charge in [-0.05, 0) is 12.1 Å². The van der Waals surface area contributed by atoms with Crippen molar-refractivity contribution >= 4 is 17.5 Å². The molecule has 2 rings (SSSR count). The Bertz CT molecular complexity index is 478. The Hall–Kier alpha value is -2.19. The Morgan fingerprint density at radius 1 is 1.35 bits per heavy atom. The minimum Gasteiger partial charge on any atom is -0.293 e. The second-order valence-corrected chi connectivity index (χ2v) is 3.70. The number of amides is 2. The summed E-state index contributed by atoms with van der Waals surface area (Å²) in [7, 11) is 0. The summed E-state index contributed by atoms with van der Waals surface area (Å²) >= 11 is 0. The first-order chi connectivity index (χ1) is 8.24. The second kappa shape index (κ2) is 4.76. The van der Waals surface area contributed by atoms with E-state index >= 15 is 0 Å². The third-order valence-electron chi connectivity index (χ3n) is 2.59. The molecule has 0 aromatic heterocycles. The molecule has 1 aliphatic rings. The molecule has 5 nitrogen and oxygen atoms in total. The van der Waals surface area contributed by atoms with Crippen LogP contribution < -0.4 is 10.2 Å². The van der Waals surface area contributed by atoms with Crippen LogP contribution in [0.2, 0.25) is 0 Å². The lowest BCUT2D eigenvalue weighted by molar-refractivity contribution is -0.121. The van der Waals surface area contributed by atoms with Crippen molar-refractivity contribution in [3.05, 3.63) is 30.3 Å². The molecule has 1 aromatic rings. The molecule has 1 atom stereocenters. The smallest absolute Gasteiger partial charge is 0.251 e. The maximum atomic E-state index is 12.0. The van der Waals surface area contributed by atoms with Crippen molar-refractivity contribution in [1.29, 1.82) is 5.26 Å². The van der Waals surface area contributed by atoms with Gasteiger partial charge in [-0.15, -0.1) is 0 Å². The van der Waals surface area contributed by atoms with Gasteiger partial charge in [0, 0.05) is 0 Å². The summed E-state index contributed by atoms with van der Waals surface area (Å²) in [6.07, 6.45) is 0.107. The van der Waals surface area contributed by atoms with Gasteiger partial charge in [0.15, 0.2) is 0 Å². The van der Waals surface area contributed by atoms with E-state index in [1.54, 1.807) is 24.3 Å². The predicted molar refractivity (Wildman–Crippen MR) is 61.0 cm³/mol. The number of carbonyl (C=O) groups is 2. The van der Waals surface area contributed by atoms with Crippen molar-refractivity contribution in [2.24, 2.45) is 0 Å². The molecule has 0 unspecified atom stereocenters. The van der Waals surface area contributed by atoms with Crippen molar-refractivity contribution in [3.63, 3.8) is 0 Å². The number of rotatable bonds is 3. The number of hydrogen-bond acceptors (Lipinski definition) is 4. The Labute approximate surface area is 98.6 Å². The molecule has 1 heterocycles. The fourth-order valence-electron chi connectivity index (χ4n) is 1.81. The Balaban J connectivity index is 2.18. The summed E-state index contributed by atoms with van der Waals surface area (Å²) in [4.78, 5) is 24.9. The van der Waals surface area contributed by atoms with Crippen LogP contribution in [0.4, 0.5) is 5.69 Å². The molecule has 0 spiro atoms. The maximum absolute atomic E-state index is 12.0. The highest BCUT2D eigenvalue weighted by molar-refractivity contribution is 6.22. The van der Waals surface area contributed by atoms with Crippen molar-refractivity contribution in [2.75, 3.05) is 11.4 Å². The number of nitrogens with zero attached hydrogens (tertiary/aromatic N) is 2. The van der Waals surface area contributed by atoms with Crippen molar-refractivity contribution in [2.45, 2.75) is 12.5 Å². The van der Waals surface area contributed by atoms with Crippen LogP contribution in [-0.4, -0.2) is 24.4 Å². The van der Waals surface area contributed by atoms with Gasteiger partial charge in [-0.25, -0.2) is 4.90 Å². The number of imide groups is 1. The molecule has 2 amide bonds. The zero-order valence-corrected chi connectivity index (χ0v) is 9.09. The SMILES string of the molecule is N#CCN[C@H]1CC(=O)N(c2ccccc2)C1=O. The predicted octanol–water partition coefficient (Wildman–Crippen LogP) is 0.432. The van der Waals surface area contributed by atoms with Gasteiger partial charge >= 0.3 is 0 Å². The minimum atomic E-state index is -0.581. The molecule has 1 fully saturated rings. The van der Waals surface area contributed by atoms with E-state index in [2.05, 4.69) is 5.32 Å². The van der Waals surface area contributed by atoms with E-state index in [1.165, 1.54) is 0 Å². The summed E-state index contributed by atoms with van der Waals surface area (Å²) in [5.41, 5.74) is 0.573. The number of nitrogens with one attached hydrogen (secondary N) is 1. The van der Waals surface area contributed by atoms with Crippen LogP contribution in [0.3, 0.4) is 0 Å². The van der Waals surface area contributed by atoms with Gasteiger partial charge in [-0.1, -0.05) is 18.2 Å². The van der Waals surface area contributed by atoms with Gasteiger partial charge in [-0.2, -0.15) is 5.26 Å². The fraction of sp³-hybridized carbons (Fsp3) is 0.250. The molecular weight excluding hydrogens is 218 g/mol. The first-order valence-electron chi connectivity index (χ1n) is 5.26. The van der Waals surface area contributed by atoms with Gasteiger partial charge in [0.25, 0.3) is 5.91 Å². The first kappa shape index (κ1) is 11.3. The zero-order chi connectivity index (χ0) is 12.3. The van der Waals surface area contributed by atoms with E-state index in [0.29, 0.717) is 5.69 Å². The Kier molecular flexibility index (Phi) is 3.17. The lowest BCUT2D eigenvalue weighted by atomic mass is 10.2. The lowest BCUT2D eigenvalue weighted by Crippen LogP contribution is -2.38. The second-order valence-electron chi connectivity index (χ2n) is 3.70. The summed E-state index contributed by atoms with van der Waals surface area (Å²) in [6, 6.07) is 10.1. The van der Waals surface area contributed by atoms with Crippen LogP contribution in [0.5, 0.6) is 0 Å². The highest BCUT2D eigenvalue weighted by atomic mass is 16.2. The number of carbonyl (C=O) groups excluding carboxylic acids is 2. The minimum absolute atomic E-state index is 0.0618. The van der Waals surface area contributed by atoms with Crippen LogP contribution in [0.25, 0.3) is 0 Å². The quantitative estimate of drug-likeness (QED) is 0.602. The average molecular weight is 229 g/mol. The molecule has 0 saturated carbocycles. The summed E-state index contributed by atoms with van der Waals surface area (Å²) in [5, 5.41) is 11.2. The lowest BCUT2D eigenvalue weighted by Gasteiger charge is -2.14. The maximum Gasteiger partial charge on any atom is 0.251 e. The van der Waals surface area contributed by atoms with E-state index in [-0.39, 0.29) is 24.8 Å². The first-order valence-corrected chi connectivity index (χ1v) is 5.26. The number of para-hydroxylation sites is 1. The normalized spacial score (nSPS) is 19.5. The molecule has 0 aliphatic carbocycles. The Morgan fingerprint density at radius 3 is 2.71 bits per heavy atom. The topological polar surface area (TPSA) is 73.2 Å². The molecule has 5 heteroatoms. The number of nitriles is 1. The van der Waals surface area contributed by atoms with Crippen LogP contribution >= 0.6 is 0 Å². The molecule has 0 bridgehead atoms. The van der Waals surface area contributed by atoms with Crippen molar-refractivity contribution in [1.82, 2.24) is 5.32 Å².